The molecule has 78 valence electrons. The molecular weight excluding hydrogens is 202 g/mol. The number of anilines is 1. The van der Waals surface area contributed by atoms with Gasteiger partial charge in [0, 0.05) is 6.20 Å². The summed E-state index contributed by atoms with van der Waals surface area (Å²) < 4.78 is 24.4. The largest absolute Gasteiger partial charge is 0.382 e. The van der Waals surface area contributed by atoms with Gasteiger partial charge in [0.15, 0.2) is 9.84 Å². The molecule has 2 N–H and O–H groups in total. The zero-order valence-corrected chi connectivity index (χ0v) is 8.57. The van der Waals surface area contributed by atoms with E-state index in [4.69, 9.17) is 5.73 Å². The molecule has 0 saturated carbocycles. The van der Waals surface area contributed by atoms with Crippen LogP contribution in [0, 0.1) is 0 Å². The van der Waals surface area contributed by atoms with Gasteiger partial charge in [-0.1, -0.05) is 0 Å². The average molecular weight is 215 g/mol. The minimum absolute atomic E-state index is 0.0361. The van der Waals surface area contributed by atoms with E-state index in [9.17, 15) is 8.42 Å². The van der Waals surface area contributed by atoms with Crippen molar-refractivity contribution in [1.29, 1.82) is 0 Å². The summed E-state index contributed by atoms with van der Waals surface area (Å²) in [6.07, 6.45) is 3.31. The summed E-state index contributed by atoms with van der Waals surface area (Å²) >= 11 is 0. The normalized spacial score (nSPS) is 26.1. The van der Waals surface area contributed by atoms with Crippen molar-refractivity contribution >= 4 is 15.7 Å². The highest BCUT2D eigenvalue weighted by atomic mass is 32.2. The van der Waals surface area contributed by atoms with Crippen molar-refractivity contribution in [1.82, 2.24) is 9.78 Å². The molecule has 14 heavy (non-hydrogen) atoms. The van der Waals surface area contributed by atoms with Crippen LogP contribution in [0.4, 0.5) is 5.82 Å². The van der Waals surface area contributed by atoms with Crippen molar-refractivity contribution in [3.8, 4) is 0 Å². The number of hydrogen-bond donors (Lipinski definition) is 1. The second-order valence-electron chi connectivity index (χ2n) is 3.63. The lowest BCUT2D eigenvalue weighted by atomic mass is 10.2. The Balaban J connectivity index is 2.20. The fourth-order valence-electron chi connectivity index (χ4n) is 1.76. The van der Waals surface area contributed by atoms with E-state index in [1.807, 2.05) is 0 Å². The smallest absolute Gasteiger partial charge is 0.152 e. The molecule has 0 bridgehead atoms. The van der Waals surface area contributed by atoms with E-state index < -0.39 is 9.84 Å². The third-order valence-electron chi connectivity index (χ3n) is 2.44. The van der Waals surface area contributed by atoms with E-state index in [-0.39, 0.29) is 11.8 Å². The maximum atomic E-state index is 11.4. The number of aromatic nitrogens is 2. The van der Waals surface area contributed by atoms with Gasteiger partial charge in [0.2, 0.25) is 0 Å². The lowest BCUT2D eigenvalue weighted by Gasteiger charge is -2.21. The summed E-state index contributed by atoms with van der Waals surface area (Å²) in [5.74, 6) is 0.932. The van der Waals surface area contributed by atoms with Crippen molar-refractivity contribution in [2.45, 2.75) is 18.9 Å². The molecule has 2 heterocycles. The van der Waals surface area contributed by atoms with Crippen LogP contribution in [-0.2, 0) is 9.84 Å². The van der Waals surface area contributed by atoms with Crippen molar-refractivity contribution in [2.75, 3.05) is 17.2 Å². The van der Waals surface area contributed by atoms with Gasteiger partial charge in [0.05, 0.1) is 17.5 Å². The fraction of sp³-hybridized carbons (Fsp3) is 0.625. The molecule has 1 saturated heterocycles. The Hall–Kier alpha value is -1.04. The van der Waals surface area contributed by atoms with Gasteiger partial charge in [-0.05, 0) is 18.9 Å². The van der Waals surface area contributed by atoms with E-state index in [0.29, 0.717) is 18.0 Å². The number of nitrogen functional groups attached to an aromatic ring is 1. The number of nitrogens with zero attached hydrogens (tertiary/aromatic N) is 2. The second kappa shape index (κ2) is 3.27. The fourth-order valence-corrected chi connectivity index (χ4v) is 3.44. The van der Waals surface area contributed by atoms with Gasteiger partial charge in [0.1, 0.15) is 5.82 Å². The van der Waals surface area contributed by atoms with Crippen molar-refractivity contribution in [3.63, 3.8) is 0 Å². The Bertz CT molecular complexity index is 424. The molecule has 6 heteroatoms. The Kier molecular flexibility index (Phi) is 2.22. The molecule has 1 unspecified atom stereocenters. The molecule has 0 amide bonds. The molecule has 1 fully saturated rings. The third kappa shape index (κ3) is 1.89. The first-order chi connectivity index (χ1) is 6.57. The van der Waals surface area contributed by atoms with Crippen LogP contribution >= 0.6 is 0 Å². The summed E-state index contributed by atoms with van der Waals surface area (Å²) in [6.45, 7) is 0. The van der Waals surface area contributed by atoms with Crippen LogP contribution in [0.2, 0.25) is 0 Å². The molecule has 2 rings (SSSR count). The highest BCUT2D eigenvalue weighted by Gasteiger charge is 2.26. The zero-order chi connectivity index (χ0) is 10.2. The first-order valence-corrected chi connectivity index (χ1v) is 6.40. The van der Waals surface area contributed by atoms with Crippen molar-refractivity contribution < 1.29 is 8.42 Å². The molecule has 1 atom stereocenters. The quantitative estimate of drug-likeness (QED) is 0.726. The maximum absolute atomic E-state index is 11.4. The van der Waals surface area contributed by atoms with Gasteiger partial charge >= 0.3 is 0 Å². The maximum Gasteiger partial charge on any atom is 0.152 e. The van der Waals surface area contributed by atoms with Gasteiger partial charge in [-0.2, -0.15) is 5.10 Å². The SMILES string of the molecule is Nc1ccn(C2CCCS(=O)(=O)C2)n1. The van der Waals surface area contributed by atoms with Gasteiger partial charge in [-0.25, -0.2) is 8.42 Å². The summed E-state index contributed by atoms with van der Waals surface area (Å²) in [4.78, 5) is 0. The predicted molar refractivity (Wildman–Crippen MR) is 53.6 cm³/mol. The number of rotatable bonds is 1. The Morgan fingerprint density at radius 3 is 2.93 bits per heavy atom. The monoisotopic (exact) mass is 215 g/mol. The first-order valence-electron chi connectivity index (χ1n) is 4.58. The molecule has 0 aliphatic carbocycles. The van der Waals surface area contributed by atoms with Gasteiger partial charge in [-0.3, -0.25) is 4.68 Å². The summed E-state index contributed by atoms with van der Waals surface area (Å²) in [5, 5.41) is 4.03. The predicted octanol–water partition coefficient (Wildman–Crippen LogP) is 0.215. The summed E-state index contributed by atoms with van der Waals surface area (Å²) in [6, 6.07) is 1.65. The Morgan fingerprint density at radius 1 is 1.57 bits per heavy atom. The molecule has 0 radical (unpaired) electrons. The van der Waals surface area contributed by atoms with Crippen LogP contribution in [0.25, 0.3) is 0 Å². The van der Waals surface area contributed by atoms with E-state index in [1.165, 1.54) is 0 Å². The number of hydrogen-bond acceptors (Lipinski definition) is 4. The Morgan fingerprint density at radius 2 is 2.36 bits per heavy atom. The van der Waals surface area contributed by atoms with Gasteiger partial charge < -0.3 is 5.73 Å². The Labute approximate surface area is 82.8 Å². The molecule has 1 aromatic rings. The van der Waals surface area contributed by atoms with E-state index in [2.05, 4.69) is 5.10 Å². The van der Waals surface area contributed by atoms with Crippen molar-refractivity contribution in [3.05, 3.63) is 12.3 Å². The standard InChI is InChI=1S/C8H13N3O2S/c9-8-3-4-11(10-8)7-2-1-5-14(12,13)6-7/h3-4,7H,1-2,5-6H2,(H2,9,10). The topological polar surface area (TPSA) is 78.0 Å². The van der Waals surface area contributed by atoms with Crippen molar-refractivity contribution in [2.24, 2.45) is 0 Å². The van der Waals surface area contributed by atoms with Crippen LogP contribution in [-0.4, -0.2) is 29.7 Å². The van der Waals surface area contributed by atoms with E-state index in [1.54, 1.807) is 16.9 Å². The van der Waals surface area contributed by atoms with Crippen LogP contribution < -0.4 is 5.73 Å². The molecule has 5 nitrogen and oxygen atoms in total. The molecular formula is C8H13N3O2S. The minimum Gasteiger partial charge on any atom is -0.382 e. The average Bonchev–Trinajstić information content (AvgIpc) is 2.50. The lowest BCUT2D eigenvalue weighted by molar-refractivity contribution is 0.436. The molecule has 1 aliphatic heterocycles. The van der Waals surface area contributed by atoms with Crippen LogP contribution in [0.5, 0.6) is 0 Å². The summed E-state index contributed by atoms with van der Waals surface area (Å²) in [7, 11) is -2.87. The van der Waals surface area contributed by atoms with Gasteiger partial charge in [0.25, 0.3) is 0 Å². The highest BCUT2D eigenvalue weighted by molar-refractivity contribution is 7.91. The van der Waals surface area contributed by atoms with Crippen LogP contribution in [0.15, 0.2) is 12.3 Å². The van der Waals surface area contributed by atoms with Crippen LogP contribution in [0.3, 0.4) is 0 Å². The van der Waals surface area contributed by atoms with Gasteiger partial charge in [-0.15, -0.1) is 0 Å². The minimum atomic E-state index is -2.87. The first kappa shape index (κ1) is 9.51. The number of nitrogens with two attached hydrogens (primary N) is 1. The highest BCUT2D eigenvalue weighted by Crippen LogP contribution is 2.22. The third-order valence-corrected chi connectivity index (χ3v) is 4.25. The van der Waals surface area contributed by atoms with E-state index in [0.717, 1.165) is 6.42 Å². The lowest BCUT2D eigenvalue weighted by Crippen LogP contribution is -2.27. The van der Waals surface area contributed by atoms with Crippen LogP contribution in [0.1, 0.15) is 18.9 Å². The summed E-state index contributed by atoms with van der Waals surface area (Å²) in [5.41, 5.74) is 5.47. The second-order valence-corrected chi connectivity index (χ2v) is 5.86. The molecule has 1 aromatic heterocycles. The van der Waals surface area contributed by atoms with E-state index >= 15 is 0 Å². The molecule has 1 aliphatic rings. The molecule has 0 spiro atoms. The number of sulfone groups is 1. The molecule has 0 aromatic carbocycles. The zero-order valence-electron chi connectivity index (χ0n) is 7.76.